The van der Waals surface area contributed by atoms with Crippen LogP contribution >= 0.6 is 0 Å². The van der Waals surface area contributed by atoms with Gasteiger partial charge in [-0.3, -0.25) is 0 Å². The summed E-state index contributed by atoms with van der Waals surface area (Å²) in [7, 11) is 0. The van der Waals surface area contributed by atoms with Crippen molar-refractivity contribution in [3.63, 3.8) is 0 Å². The first kappa shape index (κ1) is 35.7. The molecule has 0 saturated heterocycles. The second-order valence-electron chi connectivity index (χ2n) is 16.3. The van der Waals surface area contributed by atoms with Gasteiger partial charge in [0, 0.05) is 32.3 Å². The maximum atomic E-state index is 11.5. The van der Waals surface area contributed by atoms with Crippen molar-refractivity contribution in [1.82, 2.24) is 9.13 Å². The van der Waals surface area contributed by atoms with E-state index in [1.807, 2.05) is 19.1 Å². The highest BCUT2D eigenvalue weighted by atomic mass is 15.0. The van der Waals surface area contributed by atoms with Gasteiger partial charge in [-0.2, -0.15) is 10.5 Å². The van der Waals surface area contributed by atoms with Crippen molar-refractivity contribution in [1.29, 1.82) is 10.5 Å². The summed E-state index contributed by atoms with van der Waals surface area (Å²) < 4.78 is 4.50. The molecule has 0 atom stereocenters. The summed E-state index contributed by atoms with van der Waals surface area (Å²) in [5.74, 6) is 0. The number of nitrogens with zero attached hydrogens (tertiary/aromatic N) is 4. The molecule has 0 saturated carbocycles. The highest BCUT2D eigenvalue weighted by Gasteiger charge is 2.30. The minimum Gasteiger partial charge on any atom is -0.307 e. The summed E-state index contributed by atoms with van der Waals surface area (Å²) in [6.07, 6.45) is 15.2. The Morgan fingerprint density at radius 3 is 1.69 bits per heavy atom. The lowest BCUT2D eigenvalue weighted by Crippen LogP contribution is -2.06. The normalized spacial score (nSPS) is 13.4. The number of hydrogen-bond donors (Lipinski definition) is 0. The first-order valence-electron chi connectivity index (χ1n) is 21.4. The van der Waals surface area contributed by atoms with E-state index in [1.165, 1.54) is 55.3 Å². The third-order valence-electron chi connectivity index (χ3n) is 13.1. The van der Waals surface area contributed by atoms with E-state index in [-0.39, 0.29) is 0 Å². The minimum atomic E-state index is 0.490. The summed E-state index contributed by atoms with van der Waals surface area (Å²) in [6, 6.07) is 52.4. The van der Waals surface area contributed by atoms with Crippen molar-refractivity contribution in [2.24, 2.45) is 0 Å². The number of rotatable bonds is 3. The molecule has 0 unspecified atom stereocenters. The van der Waals surface area contributed by atoms with Gasteiger partial charge in [0.25, 0.3) is 0 Å². The molecule has 0 fully saturated rings. The summed E-state index contributed by atoms with van der Waals surface area (Å²) in [6.45, 7) is 4.16. The van der Waals surface area contributed by atoms with Crippen LogP contribution in [-0.2, 0) is 0 Å². The Hall–Kier alpha value is -8.18. The molecule has 0 amide bonds. The molecular weight excluding hydrogens is 753 g/mol. The van der Waals surface area contributed by atoms with Gasteiger partial charge in [-0.1, -0.05) is 140 Å². The highest BCUT2D eigenvalue weighted by Crippen LogP contribution is 2.53. The van der Waals surface area contributed by atoms with Crippen LogP contribution in [0.1, 0.15) is 48.9 Å². The van der Waals surface area contributed by atoms with E-state index in [0.717, 1.165) is 67.2 Å². The van der Waals surface area contributed by atoms with Gasteiger partial charge in [0.1, 0.15) is 11.6 Å². The quantitative estimate of drug-likeness (QED) is 0.167. The Morgan fingerprint density at radius 2 is 1.10 bits per heavy atom. The van der Waals surface area contributed by atoms with Crippen LogP contribution in [0.2, 0.25) is 0 Å². The van der Waals surface area contributed by atoms with E-state index < -0.39 is 0 Å². The van der Waals surface area contributed by atoms with Crippen molar-refractivity contribution >= 4 is 76.3 Å². The molecule has 2 aromatic heterocycles. The van der Waals surface area contributed by atoms with E-state index in [0.29, 0.717) is 22.5 Å². The van der Waals surface area contributed by atoms with Gasteiger partial charge >= 0.3 is 0 Å². The van der Waals surface area contributed by atoms with E-state index in [2.05, 4.69) is 186 Å². The maximum absolute atomic E-state index is 11.5. The van der Waals surface area contributed by atoms with Gasteiger partial charge < -0.3 is 9.13 Å². The lowest BCUT2D eigenvalue weighted by molar-refractivity contribution is 1.12. The Bertz CT molecular complexity index is 3840. The van der Waals surface area contributed by atoms with Crippen LogP contribution in [0.25, 0.3) is 110 Å². The monoisotopic (exact) mass is 790 g/mol. The largest absolute Gasteiger partial charge is 0.307 e. The van der Waals surface area contributed by atoms with Gasteiger partial charge in [0.15, 0.2) is 0 Å². The number of fused-ring (bicyclic) bond motifs is 14. The summed E-state index contributed by atoms with van der Waals surface area (Å²) in [5.41, 5.74) is 16.3. The molecule has 13 rings (SSSR count). The predicted molar refractivity (Wildman–Crippen MR) is 259 cm³/mol. The number of allylic oxidation sites excluding steroid dienone is 8. The van der Waals surface area contributed by atoms with Crippen LogP contribution in [0, 0.1) is 22.7 Å². The molecule has 10 aromatic rings. The lowest BCUT2D eigenvalue weighted by atomic mass is 9.99. The Labute approximate surface area is 359 Å². The predicted octanol–water partition coefficient (Wildman–Crippen LogP) is 15.3. The molecule has 3 aliphatic carbocycles. The zero-order chi connectivity index (χ0) is 41.6. The van der Waals surface area contributed by atoms with Crippen LogP contribution in [0.15, 0.2) is 170 Å². The molecule has 0 bridgehead atoms. The second-order valence-corrected chi connectivity index (χ2v) is 16.3. The molecule has 290 valence electrons. The molecule has 0 spiro atoms. The molecule has 8 aromatic carbocycles. The van der Waals surface area contributed by atoms with Gasteiger partial charge in [0.2, 0.25) is 0 Å². The zero-order valence-electron chi connectivity index (χ0n) is 34.4. The SMILES string of the molecule is C/C=C\CC.N#Cc1cc(-n2c3ccccc3c3cc4c5c(cccc5c32)C2=CC=CCC=C24)c(C#N)c(-n2c3ccccc3c3cc4c5c(cccc5c32)-c2ccccc2-4)c1. The minimum absolute atomic E-state index is 0.490. The van der Waals surface area contributed by atoms with E-state index >= 15 is 0 Å². The second kappa shape index (κ2) is 13.7. The van der Waals surface area contributed by atoms with Crippen LogP contribution in [0.4, 0.5) is 0 Å². The fraction of sp³-hybridized carbons (Fsp3) is 0.0690. The van der Waals surface area contributed by atoms with Crippen LogP contribution < -0.4 is 0 Å². The van der Waals surface area contributed by atoms with Gasteiger partial charge in [-0.05, 0) is 111 Å². The average Bonchev–Trinajstić information content (AvgIpc) is 3.97. The molecule has 4 nitrogen and oxygen atoms in total. The summed E-state index contributed by atoms with van der Waals surface area (Å²) in [4.78, 5) is 0. The molecule has 2 heterocycles. The van der Waals surface area contributed by atoms with E-state index in [9.17, 15) is 10.5 Å². The van der Waals surface area contributed by atoms with Crippen LogP contribution in [0.5, 0.6) is 0 Å². The lowest BCUT2D eigenvalue weighted by Gasteiger charge is -2.18. The van der Waals surface area contributed by atoms with Crippen molar-refractivity contribution in [2.45, 2.75) is 26.7 Å². The third kappa shape index (κ3) is 4.81. The van der Waals surface area contributed by atoms with Crippen molar-refractivity contribution in [2.75, 3.05) is 0 Å². The number of para-hydroxylation sites is 2. The summed E-state index contributed by atoms with van der Waals surface area (Å²) in [5, 5.41) is 31.4. The fourth-order valence-corrected chi connectivity index (χ4v) is 10.7. The van der Waals surface area contributed by atoms with Crippen molar-refractivity contribution in [3.8, 4) is 45.8 Å². The number of aromatic nitrogens is 2. The molecule has 4 heteroatoms. The highest BCUT2D eigenvalue weighted by molar-refractivity contribution is 6.31. The van der Waals surface area contributed by atoms with Crippen LogP contribution in [-0.4, -0.2) is 9.13 Å². The fourth-order valence-electron chi connectivity index (χ4n) is 10.7. The number of hydrogen-bond acceptors (Lipinski definition) is 2. The average molecular weight is 791 g/mol. The van der Waals surface area contributed by atoms with Crippen LogP contribution in [0.3, 0.4) is 0 Å². The molecule has 3 aliphatic rings. The number of benzene rings is 8. The Morgan fingerprint density at radius 1 is 0.548 bits per heavy atom. The van der Waals surface area contributed by atoms with Crippen molar-refractivity contribution in [3.05, 3.63) is 192 Å². The van der Waals surface area contributed by atoms with Gasteiger partial charge in [-0.15, -0.1) is 0 Å². The van der Waals surface area contributed by atoms with Crippen molar-refractivity contribution < 1.29 is 0 Å². The topological polar surface area (TPSA) is 57.4 Å². The maximum Gasteiger partial charge on any atom is 0.104 e. The molecule has 62 heavy (non-hydrogen) atoms. The molecule has 0 N–H and O–H groups in total. The molecule has 0 aliphatic heterocycles. The number of nitriles is 2. The Kier molecular flexibility index (Phi) is 7.89. The van der Waals surface area contributed by atoms with Gasteiger partial charge in [0.05, 0.1) is 45.1 Å². The first-order valence-corrected chi connectivity index (χ1v) is 21.4. The van der Waals surface area contributed by atoms with Gasteiger partial charge in [-0.25, -0.2) is 0 Å². The standard InChI is InChI=1S/C53H28N4.C5H10/c54-28-30-24-48(56-46-22-8-6-16-35(46)43-26-41-33-13-3-1-2-12-31(33)37-18-10-20-39(50(37)41)52(43)56)45(29-55)49(25-30)57-47-23-9-7-17-36(47)44-27-42-34-15-5-4-14-32(34)38-19-11-21-40(51(38)42)53(44)57;1-3-5-4-2/h1-2,4-27H,3H2;3,5H,4H2,1-2H3/b;5-3-. The molecule has 0 radical (unpaired) electrons. The summed E-state index contributed by atoms with van der Waals surface area (Å²) >= 11 is 0. The Balaban J connectivity index is 0.000000779. The third-order valence-corrected chi connectivity index (χ3v) is 13.1. The first-order chi connectivity index (χ1) is 30.6. The smallest absolute Gasteiger partial charge is 0.104 e. The van der Waals surface area contributed by atoms with E-state index in [1.54, 1.807) is 0 Å². The van der Waals surface area contributed by atoms with E-state index in [4.69, 9.17) is 0 Å². The zero-order valence-corrected chi connectivity index (χ0v) is 34.4. The molecular formula is C58H38N4.